The molecule has 23 heavy (non-hydrogen) atoms. The number of rotatable bonds is 5. The third-order valence-corrected chi connectivity index (χ3v) is 5.46. The van der Waals surface area contributed by atoms with Crippen molar-refractivity contribution in [3.05, 3.63) is 23.8 Å². The predicted octanol–water partition coefficient (Wildman–Crippen LogP) is 0.581. The molecule has 0 aliphatic carbocycles. The van der Waals surface area contributed by atoms with Gasteiger partial charge in [0.25, 0.3) is 10.2 Å². The number of fused-ring (bicyclic) bond motifs is 1. The van der Waals surface area contributed by atoms with Gasteiger partial charge in [-0.05, 0) is 56.0 Å². The van der Waals surface area contributed by atoms with Crippen molar-refractivity contribution in [2.75, 3.05) is 29.3 Å². The minimum atomic E-state index is -3.77. The summed E-state index contributed by atoms with van der Waals surface area (Å²) in [6.45, 7) is 2.36. The van der Waals surface area contributed by atoms with Crippen LogP contribution in [0.25, 0.3) is 0 Å². The molecule has 1 aromatic carbocycles. The number of carbonyl (C=O) groups is 1. The summed E-state index contributed by atoms with van der Waals surface area (Å²) in [5, 5.41) is 11.4. The third kappa shape index (κ3) is 3.82. The number of carbonyl (C=O) groups excluding carboxylic acids is 1. The normalized spacial score (nSPS) is 20.6. The van der Waals surface area contributed by atoms with E-state index < -0.39 is 10.2 Å². The monoisotopic (exact) mass is 338 g/mol. The molecule has 1 unspecified atom stereocenters. The van der Waals surface area contributed by atoms with Crippen LogP contribution in [0.2, 0.25) is 0 Å². The lowest BCUT2D eigenvalue weighted by atomic mass is 10.0. The molecule has 2 heterocycles. The van der Waals surface area contributed by atoms with Gasteiger partial charge in [0.05, 0.1) is 5.69 Å². The maximum Gasteiger partial charge on any atom is 0.299 e. The fourth-order valence-corrected chi connectivity index (χ4v) is 4.00. The summed E-state index contributed by atoms with van der Waals surface area (Å²) in [4.78, 5) is 12.1. The van der Waals surface area contributed by atoms with E-state index in [2.05, 4.69) is 10.6 Å². The molecule has 1 atom stereocenters. The van der Waals surface area contributed by atoms with Crippen LogP contribution < -0.4 is 20.1 Å². The summed E-state index contributed by atoms with van der Waals surface area (Å²) >= 11 is 0. The van der Waals surface area contributed by atoms with Crippen LogP contribution in [0, 0.1) is 5.92 Å². The Morgan fingerprint density at radius 3 is 2.96 bits per heavy atom. The third-order valence-electron chi connectivity index (χ3n) is 4.47. The van der Waals surface area contributed by atoms with E-state index in [4.69, 9.17) is 5.14 Å². The molecule has 0 bridgehead atoms. The number of nitrogens with two attached hydrogens (primary N) is 1. The standard InChI is InChI=1S/C15H22N4O3S/c16-23(21,22)19-8-6-12-2-3-13(9-14(12)19)18-15(20)4-1-11-5-7-17-10-11/h2-3,9,11,17H,1,4-8,10H2,(H,18,20)(H2,16,21,22). The van der Waals surface area contributed by atoms with Crippen molar-refractivity contribution in [2.24, 2.45) is 11.1 Å². The molecule has 2 aliphatic heterocycles. The highest BCUT2D eigenvalue weighted by atomic mass is 32.2. The second kappa shape index (κ2) is 6.46. The lowest BCUT2D eigenvalue weighted by Crippen LogP contribution is -2.35. The van der Waals surface area contributed by atoms with Crippen molar-refractivity contribution in [3.63, 3.8) is 0 Å². The van der Waals surface area contributed by atoms with Gasteiger partial charge in [-0.2, -0.15) is 8.42 Å². The molecule has 0 spiro atoms. The second-order valence-electron chi connectivity index (χ2n) is 6.16. The molecular weight excluding hydrogens is 316 g/mol. The predicted molar refractivity (Wildman–Crippen MR) is 89.4 cm³/mol. The Morgan fingerprint density at radius 2 is 2.26 bits per heavy atom. The molecule has 8 heteroatoms. The van der Waals surface area contributed by atoms with Crippen molar-refractivity contribution in [1.82, 2.24) is 5.32 Å². The summed E-state index contributed by atoms with van der Waals surface area (Å²) in [5.41, 5.74) is 2.09. The molecule has 1 fully saturated rings. The maximum atomic E-state index is 12.1. The highest BCUT2D eigenvalue weighted by Gasteiger charge is 2.27. The van der Waals surface area contributed by atoms with Gasteiger partial charge in [0.15, 0.2) is 0 Å². The summed E-state index contributed by atoms with van der Waals surface area (Å²) in [6, 6.07) is 5.33. The fourth-order valence-electron chi connectivity index (χ4n) is 3.21. The smallest absolute Gasteiger partial charge is 0.299 e. The summed E-state index contributed by atoms with van der Waals surface area (Å²) in [6.07, 6.45) is 3.10. The number of hydrogen-bond acceptors (Lipinski definition) is 4. The van der Waals surface area contributed by atoms with Crippen molar-refractivity contribution in [2.45, 2.75) is 25.7 Å². The Morgan fingerprint density at radius 1 is 1.43 bits per heavy atom. The molecule has 1 aromatic rings. The van der Waals surface area contributed by atoms with Gasteiger partial charge < -0.3 is 10.6 Å². The zero-order valence-electron chi connectivity index (χ0n) is 12.9. The lowest BCUT2D eigenvalue weighted by molar-refractivity contribution is -0.116. The van der Waals surface area contributed by atoms with Gasteiger partial charge in [-0.15, -0.1) is 0 Å². The molecule has 7 nitrogen and oxygen atoms in total. The van der Waals surface area contributed by atoms with Crippen LogP contribution >= 0.6 is 0 Å². The Labute approximate surface area is 136 Å². The highest BCUT2D eigenvalue weighted by Crippen LogP contribution is 2.32. The molecule has 0 saturated carbocycles. The Bertz CT molecular complexity index is 699. The van der Waals surface area contributed by atoms with E-state index in [9.17, 15) is 13.2 Å². The van der Waals surface area contributed by atoms with E-state index in [-0.39, 0.29) is 5.91 Å². The Kier molecular flexibility index (Phi) is 4.56. The first-order valence-corrected chi connectivity index (χ1v) is 9.38. The van der Waals surface area contributed by atoms with Gasteiger partial charge in [0.1, 0.15) is 0 Å². The molecule has 1 amide bonds. The number of nitrogens with zero attached hydrogens (tertiary/aromatic N) is 1. The van der Waals surface area contributed by atoms with Gasteiger partial charge in [-0.25, -0.2) is 5.14 Å². The van der Waals surface area contributed by atoms with Gasteiger partial charge in [0, 0.05) is 18.7 Å². The molecule has 126 valence electrons. The van der Waals surface area contributed by atoms with Crippen molar-refractivity contribution < 1.29 is 13.2 Å². The first-order valence-electron chi connectivity index (χ1n) is 7.87. The van der Waals surface area contributed by atoms with Crippen LogP contribution in [0.5, 0.6) is 0 Å². The number of nitrogens with one attached hydrogen (secondary N) is 2. The van der Waals surface area contributed by atoms with E-state index in [1.807, 2.05) is 6.07 Å². The minimum Gasteiger partial charge on any atom is -0.326 e. The van der Waals surface area contributed by atoms with Crippen LogP contribution in [-0.4, -0.2) is 34.0 Å². The molecular formula is C15H22N4O3S. The number of amides is 1. The molecule has 2 aliphatic rings. The van der Waals surface area contributed by atoms with Crippen LogP contribution in [0.3, 0.4) is 0 Å². The van der Waals surface area contributed by atoms with Gasteiger partial charge >= 0.3 is 0 Å². The first-order chi connectivity index (χ1) is 10.9. The van der Waals surface area contributed by atoms with Gasteiger partial charge in [-0.1, -0.05) is 6.07 Å². The van der Waals surface area contributed by atoms with E-state index in [0.29, 0.717) is 36.7 Å². The van der Waals surface area contributed by atoms with Gasteiger partial charge in [-0.3, -0.25) is 9.10 Å². The van der Waals surface area contributed by atoms with Crippen LogP contribution in [0.4, 0.5) is 11.4 Å². The van der Waals surface area contributed by atoms with Gasteiger partial charge in [0.2, 0.25) is 5.91 Å². The number of anilines is 2. The maximum absolute atomic E-state index is 12.1. The van der Waals surface area contributed by atoms with Crippen molar-refractivity contribution in [3.8, 4) is 0 Å². The lowest BCUT2D eigenvalue weighted by Gasteiger charge is -2.17. The van der Waals surface area contributed by atoms with Crippen molar-refractivity contribution >= 4 is 27.5 Å². The van der Waals surface area contributed by atoms with Crippen LogP contribution in [-0.2, 0) is 21.4 Å². The molecule has 0 aromatic heterocycles. The SMILES string of the molecule is NS(=O)(=O)N1CCc2ccc(NC(=O)CCC3CCNC3)cc21. The summed E-state index contributed by atoms with van der Waals surface area (Å²) in [5.74, 6) is 0.524. The molecule has 3 rings (SSSR count). The quantitative estimate of drug-likeness (QED) is 0.730. The minimum absolute atomic E-state index is 0.0444. The van der Waals surface area contributed by atoms with E-state index in [0.717, 1.165) is 31.5 Å². The van der Waals surface area contributed by atoms with Crippen molar-refractivity contribution in [1.29, 1.82) is 0 Å². The zero-order valence-corrected chi connectivity index (χ0v) is 13.7. The summed E-state index contributed by atoms with van der Waals surface area (Å²) < 4.78 is 24.4. The van der Waals surface area contributed by atoms with E-state index >= 15 is 0 Å². The first kappa shape index (κ1) is 16.2. The zero-order chi connectivity index (χ0) is 16.4. The molecule has 4 N–H and O–H groups in total. The fraction of sp³-hybridized carbons (Fsp3) is 0.533. The topological polar surface area (TPSA) is 105 Å². The average Bonchev–Trinajstić information content (AvgIpc) is 3.13. The highest BCUT2D eigenvalue weighted by molar-refractivity contribution is 7.90. The summed E-state index contributed by atoms with van der Waals surface area (Å²) in [7, 11) is -3.77. The molecule has 0 radical (unpaired) electrons. The van der Waals surface area contributed by atoms with E-state index in [1.54, 1.807) is 12.1 Å². The largest absolute Gasteiger partial charge is 0.326 e. The second-order valence-corrected chi connectivity index (χ2v) is 7.63. The average molecular weight is 338 g/mol. The van der Waals surface area contributed by atoms with Crippen LogP contribution in [0.15, 0.2) is 18.2 Å². The molecule has 1 saturated heterocycles. The number of benzene rings is 1. The Balaban J connectivity index is 1.64. The van der Waals surface area contributed by atoms with Crippen LogP contribution in [0.1, 0.15) is 24.8 Å². The van der Waals surface area contributed by atoms with E-state index in [1.165, 1.54) is 4.31 Å². The Hall–Kier alpha value is -1.64. The number of hydrogen-bond donors (Lipinski definition) is 3.